The molecule has 1 aromatic heterocycles. The Morgan fingerprint density at radius 2 is 2.05 bits per heavy atom. The van der Waals surface area contributed by atoms with Gasteiger partial charge in [0, 0.05) is 39.2 Å². The smallest absolute Gasteiger partial charge is 0.216 e. The zero-order chi connectivity index (χ0) is 13.7. The third kappa shape index (κ3) is 4.08. The minimum atomic E-state index is -0.0153. The fraction of sp³-hybridized carbons (Fsp3) is 0.615. The second-order valence-corrected chi connectivity index (χ2v) is 4.76. The lowest BCUT2D eigenvalue weighted by molar-refractivity contribution is -0.118. The van der Waals surface area contributed by atoms with Gasteiger partial charge in [-0.25, -0.2) is 9.97 Å². The van der Waals surface area contributed by atoms with Gasteiger partial charge in [-0.2, -0.15) is 0 Å². The first-order valence-electron chi connectivity index (χ1n) is 6.74. The van der Waals surface area contributed by atoms with E-state index in [9.17, 15) is 4.79 Å². The third-order valence-electron chi connectivity index (χ3n) is 3.06. The molecule has 0 aliphatic carbocycles. The lowest BCUT2D eigenvalue weighted by Gasteiger charge is -2.17. The summed E-state index contributed by atoms with van der Waals surface area (Å²) in [5.41, 5.74) is 0. The van der Waals surface area contributed by atoms with Gasteiger partial charge in [0.15, 0.2) is 0 Å². The summed E-state index contributed by atoms with van der Waals surface area (Å²) in [6, 6.07) is 1.98. The van der Waals surface area contributed by atoms with Crippen molar-refractivity contribution in [2.75, 3.05) is 36.4 Å². The maximum Gasteiger partial charge on any atom is 0.216 e. The lowest BCUT2D eigenvalue weighted by atomic mass is 10.4. The van der Waals surface area contributed by atoms with Crippen molar-refractivity contribution in [1.82, 2.24) is 15.3 Å². The molecule has 1 saturated heterocycles. The van der Waals surface area contributed by atoms with Crippen LogP contribution in [0, 0.1) is 6.92 Å². The van der Waals surface area contributed by atoms with Gasteiger partial charge in [0.05, 0.1) is 0 Å². The molecule has 0 spiro atoms. The summed E-state index contributed by atoms with van der Waals surface area (Å²) in [6.45, 7) is 6.81. The molecule has 6 heteroatoms. The highest BCUT2D eigenvalue weighted by Crippen LogP contribution is 2.20. The van der Waals surface area contributed by atoms with Crippen LogP contribution >= 0.6 is 0 Å². The number of aromatic nitrogens is 2. The molecule has 0 radical (unpaired) electrons. The van der Waals surface area contributed by atoms with Crippen LogP contribution in [0.4, 0.5) is 11.6 Å². The van der Waals surface area contributed by atoms with Crippen molar-refractivity contribution in [3.63, 3.8) is 0 Å². The summed E-state index contributed by atoms with van der Waals surface area (Å²) in [5.74, 6) is 2.57. The Labute approximate surface area is 113 Å². The van der Waals surface area contributed by atoms with E-state index < -0.39 is 0 Å². The molecule has 0 saturated carbocycles. The van der Waals surface area contributed by atoms with Gasteiger partial charge in [0.1, 0.15) is 17.5 Å². The number of aryl methyl sites for hydroxylation is 1. The first-order valence-corrected chi connectivity index (χ1v) is 6.74. The summed E-state index contributed by atoms with van der Waals surface area (Å²) < 4.78 is 0. The molecular formula is C13H21N5O. The minimum Gasteiger partial charge on any atom is -0.368 e. The van der Waals surface area contributed by atoms with Crippen molar-refractivity contribution >= 4 is 17.5 Å². The molecule has 2 rings (SSSR count). The number of amides is 1. The third-order valence-corrected chi connectivity index (χ3v) is 3.06. The Morgan fingerprint density at radius 3 is 2.74 bits per heavy atom. The van der Waals surface area contributed by atoms with Gasteiger partial charge in [0.25, 0.3) is 0 Å². The zero-order valence-electron chi connectivity index (χ0n) is 11.6. The van der Waals surface area contributed by atoms with Gasteiger partial charge in [-0.3, -0.25) is 4.79 Å². The van der Waals surface area contributed by atoms with Crippen molar-refractivity contribution in [1.29, 1.82) is 0 Å². The number of hydrogen-bond acceptors (Lipinski definition) is 5. The molecule has 0 bridgehead atoms. The summed E-state index contributed by atoms with van der Waals surface area (Å²) in [5, 5.41) is 5.96. The normalized spacial score (nSPS) is 14.5. The van der Waals surface area contributed by atoms with Crippen molar-refractivity contribution < 1.29 is 4.79 Å². The van der Waals surface area contributed by atoms with Gasteiger partial charge in [0.2, 0.25) is 5.91 Å². The molecule has 0 atom stereocenters. The van der Waals surface area contributed by atoms with Gasteiger partial charge in [-0.15, -0.1) is 0 Å². The van der Waals surface area contributed by atoms with Crippen LogP contribution < -0.4 is 15.5 Å². The summed E-state index contributed by atoms with van der Waals surface area (Å²) >= 11 is 0. The summed E-state index contributed by atoms with van der Waals surface area (Å²) in [4.78, 5) is 21.9. The van der Waals surface area contributed by atoms with E-state index in [2.05, 4.69) is 25.5 Å². The zero-order valence-corrected chi connectivity index (χ0v) is 11.6. The van der Waals surface area contributed by atoms with Crippen LogP contribution in [0.1, 0.15) is 25.6 Å². The molecule has 0 aromatic carbocycles. The van der Waals surface area contributed by atoms with Crippen molar-refractivity contribution in [2.24, 2.45) is 0 Å². The molecule has 1 amide bonds. The fourth-order valence-corrected chi connectivity index (χ4v) is 2.18. The summed E-state index contributed by atoms with van der Waals surface area (Å²) in [6.07, 6.45) is 2.46. The van der Waals surface area contributed by atoms with Crippen LogP contribution in [0.2, 0.25) is 0 Å². The van der Waals surface area contributed by atoms with Crippen LogP contribution in [0.5, 0.6) is 0 Å². The maximum atomic E-state index is 10.8. The van der Waals surface area contributed by atoms with Gasteiger partial charge >= 0.3 is 0 Å². The number of carbonyl (C=O) groups excluding carboxylic acids is 1. The van der Waals surface area contributed by atoms with Crippen LogP contribution in [-0.4, -0.2) is 42.1 Å². The summed E-state index contributed by atoms with van der Waals surface area (Å²) in [7, 11) is 0. The molecule has 0 unspecified atom stereocenters. The molecule has 2 heterocycles. The Balaban J connectivity index is 1.94. The number of rotatable bonds is 5. The Bertz CT molecular complexity index is 443. The second kappa shape index (κ2) is 6.36. The predicted octanol–water partition coefficient (Wildman–Crippen LogP) is 0.933. The number of hydrogen-bond donors (Lipinski definition) is 2. The maximum absolute atomic E-state index is 10.8. The minimum absolute atomic E-state index is 0.0153. The SMILES string of the molecule is CC(=O)NCCNc1cc(N2CCCC2)nc(C)n1. The van der Waals surface area contributed by atoms with Crippen LogP contribution in [0.3, 0.4) is 0 Å². The van der Waals surface area contributed by atoms with Gasteiger partial charge in [-0.05, 0) is 19.8 Å². The largest absolute Gasteiger partial charge is 0.368 e. The molecule has 2 N–H and O–H groups in total. The molecule has 6 nitrogen and oxygen atoms in total. The van der Waals surface area contributed by atoms with E-state index in [0.717, 1.165) is 30.5 Å². The Morgan fingerprint density at radius 1 is 1.32 bits per heavy atom. The van der Waals surface area contributed by atoms with Gasteiger partial charge < -0.3 is 15.5 Å². The van der Waals surface area contributed by atoms with E-state index in [1.165, 1.54) is 19.8 Å². The second-order valence-electron chi connectivity index (χ2n) is 4.76. The first kappa shape index (κ1) is 13.6. The topological polar surface area (TPSA) is 70.2 Å². The highest BCUT2D eigenvalue weighted by Gasteiger charge is 2.14. The van der Waals surface area contributed by atoms with E-state index in [1.54, 1.807) is 0 Å². The quantitative estimate of drug-likeness (QED) is 0.774. The van der Waals surface area contributed by atoms with Crippen LogP contribution in [0.25, 0.3) is 0 Å². The first-order chi connectivity index (χ1) is 9.15. The lowest BCUT2D eigenvalue weighted by Crippen LogP contribution is -2.26. The van der Waals surface area contributed by atoms with E-state index in [4.69, 9.17) is 0 Å². The number of carbonyl (C=O) groups is 1. The van der Waals surface area contributed by atoms with E-state index >= 15 is 0 Å². The molecule has 1 aliphatic heterocycles. The number of nitrogens with one attached hydrogen (secondary N) is 2. The van der Waals surface area contributed by atoms with Crippen molar-refractivity contribution in [2.45, 2.75) is 26.7 Å². The Hall–Kier alpha value is -1.85. The van der Waals surface area contributed by atoms with Crippen LogP contribution in [-0.2, 0) is 4.79 Å². The molecule has 104 valence electrons. The molecule has 1 aliphatic rings. The predicted molar refractivity (Wildman–Crippen MR) is 75.4 cm³/mol. The average molecular weight is 263 g/mol. The standard InChI is InChI=1S/C13H21N5O/c1-10-16-12(15-6-5-14-11(2)19)9-13(17-10)18-7-3-4-8-18/h9H,3-8H2,1-2H3,(H,14,19)(H,15,16,17). The number of nitrogens with zero attached hydrogens (tertiary/aromatic N) is 3. The molecule has 19 heavy (non-hydrogen) atoms. The Kier molecular flexibility index (Phi) is 4.54. The molecule has 1 aromatic rings. The highest BCUT2D eigenvalue weighted by molar-refractivity contribution is 5.72. The van der Waals surface area contributed by atoms with E-state index in [1.807, 2.05) is 13.0 Å². The fourth-order valence-electron chi connectivity index (χ4n) is 2.18. The van der Waals surface area contributed by atoms with Crippen LogP contribution in [0.15, 0.2) is 6.07 Å². The van der Waals surface area contributed by atoms with Gasteiger partial charge in [-0.1, -0.05) is 0 Å². The highest BCUT2D eigenvalue weighted by atomic mass is 16.1. The van der Waals surface area contributed by atoms with E-state index in [0.29, 0.717) is 13.1 Å². The monoisotopic (exact) mass is 263 g/mol. The van der Waals surface area contributed by atoms with Crippen molar-refractivity contribution in [3.8, 4) is 0 Å². The van der Waals surface area contributed by atoms with E-state index in [-0.39, 0.29) is 5.91 Å². The van der Waals surface area contributed by atoms with Crippen molar-refractivity contribution in [3.05, 3.63) is 11.9 Å². The average Bonchev–Trinajstić information content (AvgIpc) is 2.87. The molecular weight excluding hydrogens is 242 g/mol. The molecule has 1 fully saturated rings. The number of anilines is 2.